The van der Waals surface area contributed by atoms with Crippen LogP contribution in [0, 0.1) is 6.92 Å². The number of nitrogens with one attached hydrogen (secondary N) is 1. The van der Waals surface area contributed by atoms with Crippen molar-refractivity contribution in [2.75, 3.05) is 5.32 Å². The molecule has 2 aromatic rings. The zero-order chi connectivity index (χ0) is 14.3. The maximum Gasteiger partial charge on any atom is 0.337 e. The fourth-order valence-electron chi connectivity index (χ4n) is 1.64. The van der Waals surface area contributed by atoms with E-state index in [-0.39, 0.29) is 5.56 Å². The van der Waals surface area contributed by atoms with Crippen LogP contribution in [0.1, 0.15) is 15.9 Å². The number of benzene rings is 2. The van der Waals surface area contributed by atoms with E-state index in [0.717, 1.165) is 11.3 Å². The summed E-state index contributed by atoms with van der Waals surface area (Å²) in [5.74, 6) is -0.929. The Morgan fingerprint density at radius 1 is 1.00 bits per heavy atom. The molecule has 4 heteroatoms. The van der Waals surface area contributed by atoms with Crippen LogP contribution in [-0.4, -0.2) is 17.9 Å². The first-order valence-corrected chi connectivity index (χ1v) is 5.62. The Bertz CT molecular complexity index is 567. The maximum absolute atomic E-state index is 11.1. The molecule has 0 fully saturated rings. The number of anilines is 2. The Kier molecular flexibility index (Phi) is 5.29. The molecule has 19 heavy (non-hydrogen) atoms. The molecule has 0 radical (unpaired) electrons. The van der Waals surface area contributed by atoms with Gasteiger partial charge >= 0.3 is 5.97 Å². The van der Waals surface area contributed by atoms with Gasteiger partial charge in [-0.3, -0.25) is 0 Å². The second-order valence-electron chi connectivity index (χ2n) is 3.79. The first kappa shape index (κ1) is 14.4. The van der Waals surface area contributed by atoms with Gasteiger partial charge in [0.15, 0.2) is 0 Å². The van der Waals surface area contributed by atoms with Gasteiger partial charge in [0.1, 0.15) is 6.79 Å². The zero-order valence-electron chi connectivity index (χ0n) is 10.6. The van der Waals surface area contributed by atoms with Crippen LogP contribution in [0.5, 0.6) is 0 Å². The summed E-state index contributed by atoms with van der Waals surface area (Å²) < 4.78 is 0. The molecule has 0 heterocycles. The molecule has 2 aromatic carbocycles. The Morgan fingerprint density at radius 2 is 1.53 bits per heavy atom. The van der Waals surface area contributed by atoms with Crippen LogP contribution in [-0.2, 0) is 4.79 Å². The van der Waals surface area contributed by atoms with E-state index in [2.05, 4.69) is 5.32 Å². The molecule has 0 saturated carbocycles. The number of carbonyl (C=O) groups excluding carboxylic acids is 1. The number of aromatic carboxylic acids is 1. The SMILES string of the molecule is C=O.Cc1ccccc1Nc1ccccc1C(=O)O. The molecule has 0 atom stereocenters. The molecule has 2 N–H and O–H groups in total. The predicted molar refractivity (Wildman–Crippen MR) is 75.0 cm³/mol. The summed E-state index contributed by atoms with van der Waals surface area (Å²) in [6, 6.07) is 14.6. The smallest absolute Gasteiger partial charge is 0.337 e. The summed E-state index contributed by atoms with van der Waals surface area (Å²) in [6.07, 6.45) is 0. The lowest BCUT2D eigenvalue weighted by Gasteiger charge is -2.11. The van der Waals surface area contributed by atoms with Crippen LogP contribution in [0.2, 0.25) is 0 Å². The lowest BCUT2D eigenvalue weighted by Crippen LogP contribution is -2.02. The molecule has 0 amide bonds. The van der Waals surface area contributed by atoms with Crippen molar-refractivity contribution < 1.29 is 14.7 Å². The number of carboxylic acids is 1. The highest BCUT2D eigenvalue weighted by Gasteiger charge is 2.09. The molecule has 4 nitrogen and oxygen atoms in total. The molecule has 0 spiro atoms. The van der Waals surface area contributed by atoms with Gasteiger partial charge in [-0.2, -0.15) is 0 Å². The fraction of sp³-hybridized carbons (Fsp3) is 0.0667. The van der Waals surface area contributed by atoms with Crippen molar-refractivity contribution in [3.63, 3.8) is 0 Å². The van der Waals surface area contributed by atoms with Crippen LogP contribution < -0.4 is 5.32 Å². The van der Waals surface area contributed by atoms with Crippen molar-refractivity contribution in [1.82, 2.24) is 0 Å². The highest BCUT2D eigenvalue weighted by Crippen LogP contribution is 2.23. The largest absolute Gasteiger partial charge is 0.478 e. The van der Waals surface area contributed by atoms with Crippen molar-refractivity contribution in [1.29, 1.82) is 0 Å². The summed E-state index contributed by atoms with van der Waals surface area (Å²) in [6.45, 7) is 3.98. The van der Waals surface area contributed by atoms with Gasteiger partial charge in [-0.05, 0) is 30.7 Å². The van der Waals surface area contributed by atoms with E-state index >= 15 is 0 Å². The Balaban J connectivity index is 0.000000861. The van der Waals surface area contributed by atoms with E-state index in [0.29, 0.717) is 5.69 Å². The second-order valence-corrected chi connectivity index (χ2v) is 3.79. The van der Waals surface area contributed by atoms with E-state index in [1.165, 1.54) is 0 Å². The van der Waals surface area contributed by atoms with E-state index < -0.39 is 5.97 Å². The number of carbonyl (C=O) groups is 2. The van der Waals surface area contributed by atoms with Crippen LogP contribution in [0.4, 0.5) is 11.4 Å². The van der Waals surface area contributed by atoms with E-state index in [9.17, 15) is 4.79 Å². The minimum absolute atomic E-state index is 0.274. The third-order valence-corrected chi connectivity index (χ3v) is 2.57. The van der Waals surface area contributed by atoms with Crippen molar-refractivity contribution in [2.45, 2.75) is 6.92 Å². The predicted octanol–water partition coefficient (Wildman–Crippen LogP) is 3.25. The lowest BCUT2D eigenvalue weighted by molar-refractivity contribution is -0.0980. The van der Waals surface area contributed by atoms with Gasteiger partial charge in [0.2, 0.25) is 0 Å². The molecular weight excluding hydrogens is 242 g/mol. The van der Waals surface area contributed by atoms with E-state index in [4.69, 9.17) is 9.90 Å². The van der Waals surface area contributed by atoms with Gasteiger partial charge < -0.3 is 15.2 Å². The summed E-state index contributed by atoms with van der Waals surface area (Å²) in [4.78, 5) is 19.1. The minimum atomic E-state index is -0.929. The van der Waals surface area contributed by atoms with Gasteiger partial charge in [-0.1, -0.05) is 30.3 Å². The van der Waals surface area contributed by atoms with Gasteiger partial charge in [-0.15, -0.1) is 0 Å². The number of rotatable bonds is 3. The summed E-state index contributed by atoms with van der Waals surface area (Å²) in [7, 11) is 0. The Labute approximate surface area is 111 Å². The van der Waals surface area contributed by atoms with Gasteiger partial charge in [0.25, 0.3) is 0 Å². The molecule has 0 aliphatic heterocycles. The first-order valence-electron chi connectivity index (χ1n) is 5.62. The zero-order valence-corrected chi connectivity index (χ0v) is 10.6. The van der Waals surface area contributed by atoms with Crippen molar-refractivity contribution in [2.24, 2.45) is 0 Å². The van der Waals surface area contributed by atoms with Gasteiger partial charge in [0.05, 0.1) is 11.3 Å². The van der Waals surface area contributed by atoms with Crippen LogP contribution in [0.25, 0.3) is 0 Å². The molecule has 2 rings (SSSR count). The molecule has 0 bridgehead atoms. The third-order valence-electron chi connectivity index (χ3n) is 2.57. The molecule has 0 unspecified atom stereocenters. The average molecular weight is 257 g/mol. The normalized spacial score (nSPS) is 9.11. The maximum atomic E-state index is 11.1. The van der Waals surface area contributed by atoms with E-state index in [1.54, 1.807) is 18.2 Å². The lowest BCUT2D eigenvalue weighted by atomic mass is 10.1. The number of hydrogen-bond donors (Lipinski definition) is 2. The standard InChI is InChI=1S/C14H13NO2.CH2O/c1-10-6-2-4-8-12(10)15-13-9-5-3-7-11(13)14(16)17;1-2/h2-9,15H,1H3,(H,16,17);1H2. The first-order chi connectivity index (χ1) is 9.18. The highest BCUT2D eigenvalue weighted by atomic mass is 16.4. The van der Waals surface area contributed by atoms with E-state index in [1.807, 2.05) is 44.0 Å². The highest BCUT2D eigenvalue weighted by molar-refractivity contribution is 5.95. The van der Waals surface area contributed by atoms with Crippen LogP contribution in [0.3, 0.4) is 0 Å². The van der Waals surface area contributed by atoms with Crippen molar-refractivity contribution >= 4 is 24.1 Å². The van der Waals surface area contributed by atoms with Crippen molar-refractivity contribution in [3.05, 3.63) is 59.7 Å². The van der Waals surface area contributed by atoms with Gasteiger partial charge in [-0.25, -0.2) is 4.79 Å². The minimum Gasteiger partial charge on any atom is -0.478 e. The quantitative estimate of drug-likeness (QED) is 0.885. The summed E-state index contributed by atoms with van der Waals surface area (Å²) >= 11 is 0. The topological polar surface area (TPSA) is 66.4 Å². The monoisotopic (exact) mass is 257 g/mol. The molecular formula is C15H15NO3. The average Bonchev–Trinajstić information content (AvgIpc) is 2.44. The number of carboxylic acid groups (broad SMARTS) is 1. The summed E-state index contributed by atoms with van der Waals surface area (Å²) in [5, 5.41) is 12.2. The molecule has 0 aromatic heterocycles. The molecule has 0 saturated heterocycles. The Hall–Kier alpha value is -2.62. The molecule has 0 aliphatic rings. The van der Waals surface area contributed by atoms with Gasteiger partial charge in [0, 0.05) is 5.69 Å². The second kappa shape index (κ2) is 6.96. The summed E-state index contributed by atoms with van der Waals surface area (Å²) in [5.41, 5.74) is 2.87. The molecule has 0 aliphatic carbocycles. The fourth-order valence-corrected chi connectivity index (χ4v) is 1.64. The third kappa shape index (κ3) is 3.67. The van der Waals surface area contributed by atoms with Crippen LogP contribution >= 0.6 is 0 Å². The van der Waals surface area contributed by atoms with Crippen molar-refractivity contribution in [3.8, 4) is 0 Å². The Morgan fingerprint density at radius 3 is 2.11 bits per heavy atom. The molecule has 98 valence electrons. The number of aryl methyl sites for hydroxylation is 1. The number of hydrogen-bond acceptors (Lipinski definition) is 3. The van der Waals surface area contributed by atoms with Crippen LogP contribution in [0.15, 0.2) is 48.5 Å². The number of para-hydroxylation sites is 2.